The average molecular weight is 96.1 g/mol. The highest BCUT2D eigenvalue weighted by molar-refractivity contribution is 5.94. The second-order valence-electron chi connectivity index (χ2n) is 1.32. The third-order valence-corrected chi connectivity index (χ3v) is 0.638. The molecule has 0 aromatic heterocycles. The van der Waals surface area contributed by atoms with Gasteiger partial charge in [0.1, 0.15) is 0 Å². The van der Waals surface area contributed by atoms with Crippen molar-refractivity contribution in [3.05, 3.63) is 0 Å². The van der Waals surface area contributed by atoms with Gasteiger partial charge in [-0.2, -0.15) is 0 Å². The molecule has 0 fully saturated rings. The van der Waals surface area contributed by atoms with Gasteiger partial charge in [-0.05, 0) is 12.3 Å². The molecule has 38 valence electrons. The first-order valence-corrected chi connectivity index (χ1v) is 2.30. The van der Waals surface area contributed by atoms with Gasteiger partial charge in [0.25, 0.3) is 0 Å². The van der Waals surface area contributed by atoms with Crippen LogP contribution < -0.4 is 0 Å². The fraction of sp³-hybridized carbons (Fsp3) is 0.500. The molecule has 0 N–H and O–H groups in total. The van der Waals surface area contributed by atoms with Gasteiger partial charge in [0.05, 0.1) is 0 Å². The Morgan fingerprint density at radius 1 is 1.86 bits per heavy atom. The Labute approximate surface area is 43.7 Å². The molecule has 1 heteroatoms. The van der Waals surface area contributed by atoms with Crippen LogP contribution in [0.15, 0.2) is 0 Å². The zero-order valence-electron chi connectivity index (χ0n) is 4.40. The molecule has 0 unspecified atom stereocenters. The Morgan fingerprint density at radius 3 is 2.57 bits per heavy atom. The van der Waals surface area contributed by atoms with E-state index < -0.39 is 0 Å². The lowest BCUT2D eigenvalue weighted by Crippen LogP contribution is -1.88. The Balaban J connectivity index is 3.24. The van der Waals surface area contributed by atoms with Crippen LogP contribution in [0.4, 0.5) is 0 Å². The van der Waals surface area contributed by atoms with Crippen molar-refractivity contribution < 1.29 is 4.79 Å². The Morgan fingerprint density at radius 2 is 2.43 bits per heavy atom. The Bertz CT molecular complexity index is 97.2. The molecule has 0 saturated carbocycles. The summed E-state index contributed by atoms with van der Waals surface area (Å²) in [4.78, 5) is 10.2. The molecule has 0 rings (SSSR count). The van der Waals surface area contributed by atoms with E-state index in [1.807, 2.05) is 12.8 Å². The van der Waals surface area contributed by atoms with E-state index in [2.05, 4.69) is 0 Å². The predicted octanol–water partition coefficient (Wildman–Crippen LogP) is 0.989. The zero-order chi connectivity index (χ0) is 5.70. The standard InChI is InChI=1S/C6H8O/c1-3-5-6(7)4-2/h2H,3,5H2,1H3. The van der Waals surface area contributed by atoms with Crippen molar-refractivity contribution in [3.63, 3.8) is 0 Å². The van der Waals surface area contributed by atoms with E-state index in [0.717, 1.165) is 6.42 Å². The maximum Gasteiger partial charge on any atom is 0.205 e. The van der Waals surface area contributed by atoms with Crippen LogP contribution in [-0.2, 0) is 4.79 Å². The number of ketones is 1. The van der Waals surface area contributed by atoms with Gasteiger partial charge >= 0.3 is 0 Å². The van der Waals surface area contributed by atoms with E-state index in [0.29, 0.717) is 6.42 Å². The van der Waals surface area contributed by atoms with E-state index in [9.17, 15) is 4.79 Å². The molecule has 0 bridgehead atoms. The van der Waals surface area contributed by atoms with E-state index >= 15 is 0 Å². The summed E-state index contributed by atoms with van der Waals surface area (Å²) in [6.45, 7) is 1.93. The lowest BCUT2D eigenvalue weighted by molar-refractivity contribution is -0.113. The number of Topliss-reactive ketones (excluding diaryl/α,β-unsaturated/α-hetero) is 1. The Kier molecular flexibility index (Phi) is 3.04. The summed E-state index contributed by atoms with van der Waals surface area (Å²) in [5.41, 5.74) is 0. The van der Waals surface area contributed by atoms with Gasteiger partial charge in [0, 0.05) is 6.42 Å². The SMILES string of the molecule is C#CC(=O)CCC. The van der Waals surface area contributed by atoms with Gasteiger partial charge in [-0.3, -0.25) is 4.79 Å². The average Bonchev–Trinajstić information content (AvgIpc) is 1.68. The lowest BCUT2D eigenvalue weighted by Gasteiger charge is -1.80. The van der Waals surface area contributed by atoms with Crippen molar-refractivity contribution >= 4 is 5.78 Å². The molecular weight excluding hydrogens is 88.1 g/mol. The van der Waals surface area contributed by atoms with Crippen LogP contribution in [0.5, 0.6) is 0 Å². The normalized spacial score (nSPS) is 7.43. The quantitative estimate of drug-likeness (QED) is 0.370. The number of carbonyl (C=O) groups excluding carboxylic acids is 1. The monoisotopic (exact) mass is 96.1 g/mol. The van der Waals surface area contributed by atoms with E-state index in [-0.39, 0.29) is 5.78 Å². The maximum absolute atomic E-state index is 10.2. The van der Waals surface area contributed by atoms with Crippen molar-refractivity contribution in [1.82, 2.24) is 0 Å². The summed E-state index contributed by atoms with van der Waals surface area (Å²) in [6.07, 6.45) is 6.13. The van der Waals surface area contributed by atoms with Crippen molar-refractivity contribution in [1.29, 1.82) is 0 Å². The first-order chi connectivity index (χ1) is 3.31. The van der Waals surface area contributed by atoms with Crippen LogP contribution in [0.2, 0.25) is 0 Å². The van der Waals surface area contributed by atoms with Gasteiger partial charge in [0.2, 0.25) is 5.78 Å². The van der Waals surface area contributed by atoms with Crippen LogP contribution in [0.25, 0.3) is 0 Å². The molecule has 0 aliphatic rings. The summed E-state index contributed by atoms with van der Waals surface area (Å²) < 4.78 is 0. The number of hydrogen-bond acceptors (Lipinski definition) is 1. The van der Waals surface area contributed by atoms with Crippen molar-refractivity contribution in [2.24, 2.45) is 0 Å². The first-order valence-electron chi connectivity index (χ1n) is 2.30. The molecule has 0 radical (unpaired) electrons. The van der Waals surface area contributed by atoms with Crippen LogP contribution in [0.3, 0.4) is 0 Å². The highest BCUT2D eigenvalue weighted by Gasteiger charge is 1.88. The summed E-state index contributed by atoms with van der Waals surface area (Å²) in [7, 11) is 0. The van der Waals surface area contributed by atoms with E-state index in [1.165, 1.54) is 0 Å². The minimum atomic E-state index is -0.0949. The molecular formula is C6H8O. The molecule has 7 heavy (non-hydrogen) atoms. The van der Waals surface area contributed by atoms with Gasteiger partial charge in [-0.15, -0.1) is 6.42 Å². The van der Waals surface area contributed by atoms with Crippen molar-refractivity contribution in [2.45, 2.75) is 19.8 Å². The van der Waals surface area contributed by atoms with Gasteiger partial charge in [-0.1, -0.05) is 6.92 Å². The molecule has 0 aliphatic heterocycles. The molecule has 0 amide bonds. The van der Waals surface area contributed by atoms with Crippen LogP contribution in [-0.4, -0.2) is 5.78 Å². The van der Waals surface area contributed by atoms with Crippen molar-refractivity contribution in [2.75, 3.05) is 0 Å². The van der Waals surface area contributed by atoms with Crippen LogP contribution >= 0.6 is 0 Å². The highest BCUT2D eigenvalue weighted by atomic mass is 16.1. The number of rotatable bonds is 2. The fourth-order valence-electron chi connectivity index (χ4n) is 0.299. The van der Waals surface area contributed by atoms with Crippen molar-refractivity contribution in [3.8, 4) is 12.3 Å². The molecule has 0 aromatic rings. The van der Waals surface area contributed by atoms with E-state index in [4.69, 9.17) is 6.42 Å². The molecule has 0 spiro atoms. The zero-order valence-corrected chi connectivity index (χ0v) is 4.40. The molecule has 0 heterocycles. The van der Waals surface area contributed by atoms with E-state index in [1.54, 1.807) is 0 Å². The van der Waals surface area contributed by atoms with Crippen LogP contribution in [0.1, 0.15) is 19.8 Å². The largest absolute Gasteiger partial charge is 0.285 e. The number of terminal acetylenes is 1. The minimum Gasteiger partial charge on any atom is -0.285 e. The summed E-state index contributed by atoms with van der Waals surface area (Å²) in [5, 5.41) is 0. The third-order valence-electron chi connectivity index (χ3n) is 0.638. The second kappa shape index (κ2) is 3.42. The third kappa shape index (κ3) is 3.05. The maximum atomic E-state index is 10.2. The summed E-state index contributed by atoms with van der Waals surface area (Å²) in [5.74, 6) is 1.93. The molecule has 1 nitrogen and oxygen atoms in total. The van der Waals surface area contributed by atoms with Gasteiger partial charge in [-0.25, -0.2) is 0 Å². The second-order valence-corrected chi connectivity index (χ2v) is 1.32. The first kappa shape index (κ1) is 6.23. The number of carbonyl (C=O) groups is 1. The van der Waals surface area contributed by atoms with Gasteiger partial charge < -0.3 is 0 Å². The molecule has 0 aliphatic carbocycles. The molecule has 0 saturated heterocycles. The van der Waals surface area contributed by atoms with Gasteiger partial charge in [0.15, 0.2) is 0 Å². The number of hydrogen-bond donors (Lipinski definition) is 0. The summed E-state index contributed by atoms with van der Waals surface area (Å²) in [6, 6.07) is 0. The minimum absolute atomic E-state index is 0.0949. The Hall–Kier alpha value is -0.770. The lowest BCUT2D eigenvalue weighted by atomic mass is 10.2. The summed E-state index contributed by atoms with van der Waals surface area (Å²) >= 11 is 0. The fourth-order valence-corrected chi connectivity index (χ4v) is 0.299. The smallest absolute Gasteiger partial charge is 0.205 e. The molecule has 0 atom stereocenters. The topological polar surface area (TPSA) is 17.1 Å². The predicted molar refractivity (Wildman–Crippen MR) is 28.7 cm³/mol. The van der Waals surface area contributed by atoms with Crippen LogP contribution in [0, 0.1) is 12.3 Å². The highest BCUT2D eigenvalue weighted by Crippen LogP contribution is 1.84. The molecule has 0 aromatic carbocycles.